The van der Waals surface area contributed by atoms with E-state index in [1.807, 2.05) is 6.07 Å². The van der Waals surface area contributed by atoms with Gasteiger partial charge in [0, 0.05) is 16.9 Å². The minimum absolute atomic E-state index is 0.00514. The monoisotopic (exact) mass is 343 g/mol. The average Bonchev–Trinajstić information content (AvgIpc) is 2.50. The fourth-order valence-corrected chi connectivity index (χ4v) is 2.32. The van der Waals surface area contributed by atoms with E-state index in [-0.39, 0.29) is 5.56 Å². The third kappa shape index (κ3) is 2.57. The molecule has 0 aliphatic rings. The van der Waals surface area contributed by atoms with Gasteiger partial charge in [-0.25, -0.2) is 4.98 Å². The third-order valence-corrected chi connectivity index (χ3v) is 3.67. The fourth-order valence-electron chi connectivity index (χ4n) is 1.93. The quantitative estimate of drug-likeness (QED) is 0.778. The molecule has 0 aliphatic carbocycles. The Kier molecular flexibility index (Phi) is 3.53. The fraction of sp³-hybridized carbons (Fsp3) is 0. The number of fused-ring (bicyclic) bond motifs is 1. The lowest BCUT2D eigenvalue weighted by molar-refractivity contribution is 0.102. The number of nitrogens with one attached hydrogen (secondary N) is 1. The number of rotatable bonds is 2. The summed E-state index contributed by atoms with van der Waals surface area (Å²) < 4.78 is 2.08. The summed E-state index contributed by atoms with van der Waals surface area (Å²) in [5, 5.41) is 2.69. The number of benzene rings is 1. The summed E-state index contributed by atoms with van der Waals surface area (Å²) in [6, 6.07) is 12.4. The molecule has 21 heavy (non-hydrogen) atoms. The number of carbonyl (C=O) groups excluding carboxylic acids is 1. The molecule has 0 spiro atoms. The lowest BCUT2D eigenvalue weighted by Gasteiger charge is -2.07. The highest BCUT2D eigenvalue weighted by molar-refractivity contribution is 9.10. The van der Waals surface area contributed by atoms with Crippen molar-refractivity contribution in [2.45, 2.75) is 0 Å². The second-order valence-corrected chi connectivity index (χ2v) is 5.19. The summed E-state index contributed by atoms with van der Waals surface area (Å²) in [5.74, 6) is -0.488. The van der Waals surface area contributed by atoms with E-state index in [1.54, 1.807) is 42.6 Å². The maximum Gasteiger partial charge on any atom is 0.270 e. The predicted molar refractivity (Wildman–Crippen MR) is 83.6 cm³/mol. The van der Waals surface area contributed by atoms with Gasteiger partial charge in [0.25, 0.3) is 11.5 Å². The number of nitrogens with zero attached hydrogens (tertiary/aromatic N) is 2. The van der Waals surface area contributed by atoms with E-state index in [0.29, 0.717) is 11.3 Å². The van der Waals surface area contributed by atoms with Crippen LogP contribution in [-0.2, 0) is 0 Å². The van der Waals surface area contributed by atoms with E-state index in [0.717, 1.165) is 4.47 Å². The van der Waals surface area contributed by atoms with Gasteiger partial charge in [0.1, 0.15) is 11.2 Å². The van der Waals surface area contributed by atoms with Crippen molar-refractivity contribution >= 4 is 33.2 Å². The molecule has 1 aromatic carbocycles. The van der Waals surface area contributed by atoms with Gasteiger partial charge >= 0.3 is 0 Å². The minimum atomic E-state index is -0.488. The van der Waals surface area contributed by atoms with E-state index in [4.69, 9.17) is 0 Å². The molecule has 6 heteroatoms. The number of aromatic nitrogens is 2. The molecule has 0 unspecified atom stereocenters. The zero-order valence-corrected chi connectivity index (χ0v) is 12.4. The molecular weight excluding hydrogens is 334 g/mol. The van der Waals surface area contributed by atoms with Crippen LogP contribution in [0.15, 0.2) is 64.1 Å². The molecule has 2 heterocycles. The topological polar surface area (TPSA) is 63.5 Å². The van der Waals surface area contributed by atoms with Crippen LogP contribution in [0.3, 0.4) is 0 Å². The Bertz CT molecular complexity index is 889. The summed E-state index contributed by atoms with van der Waals surface area (Å²) in [4.78, 5) is 28.7. The van der Waals surface area contributed by atoms with Crippen LogP contribution in [-0.4, -0.2) is 15.3 Å². The van der Waals surface area contributed by atoms with Crippen LogP contribution >= 0.6 is 15.9 Å². The van der Waals surface area contributed by atoms with Crippen LogP contribution in [0.5, 0.6) is 0 Å². The van der Waals surface area contributed by atoms with Gasteiger partial charge in [0.15, 0.2) is 0 Å². The molecule has 0 radical (unpaired) electrons. The standard InChI is InChI=1S/C15H10BrN3O2/c16-11-5-1-2-6-12(11)18-14(20)10-9-17-13-7-3-4-8-19(13)15(10)21/h1-9H,(H,18,20). The zero-order valence-electron chi connectivity index (χ0n) is 10.8. The van der Waals surface area contributed by atoms with Gasteiger partial charge in [-0.05, 0) is 40.2 Å². The van der Waals surface area contributed by atoms with E-state index in [1.165, 1.54) is 10.6 Å². The Balaban J connectivity index is 2.01. The molecule has 0 atom stereocenters. The van der Waals surface area contributed by atoms with Crippen molar-refractivity contribution in [3.05, 3.63) is 75.2 Å². The second-order valence-electron chi connectivity index (χ2n) is 4.34. The van der Waals surface area contributed by atoms with Gasteiger partial charge in [-0.2, -0.15) is 0 Å². The van der Waals surface area contributed by atoms with Gasteiger partial charge in [-0.3, -0.25) is 14.0 Å². The number of hydrogen-bond donors (Lipinski definition) is 1. The van der Waals surface area contributed by atoms with Crippen LogP contribution in [0.1, 0.15) is 10.4 Å². The second kappa shape index (κ2) is 5.49. The first-order chi connectivity index (χ1) is 10.2. The molecule has 0 fully saturated rings. The first kappa shape index (κ1) is 13.5. The van der Waals surface area contributed by atoms with E-state index in [9.17, 15) is 9.59 Å². The molecule has 104 valence electrons. The summed E-state index contributed by atoms with van der Waals surface area (Å²) in [5.41, 5.74) is 0.694. The van der Waals surface area contributed by atoms with Crippen molar-refractivity contribution in [3.8, 4) is 0 Å². The zero-order chi connectivity index (χ0) is 14.8. The predicted octanol–water partition coefficient (Wildman–Crippen LogP) is 2.71. The van der Waals surface area contributed by atoms with Gasteiger partial charge in [-0.15, -0.1) is 0 Å². The summed E-state index contributed by atoms with van der Waals surface area (Å²) in [7, 11) is 0. The maximum absolute atomic E-state index is 12.3. The summed E-state index contributed by atoms with van der Waals surface area (Å²) in [6.07, 6.45) is 2.88. The largest absolute Gasteiger partial charge is 0.321 e. The van der Waals surface area contributed by atoms with Crippen molar-refractivity contribution < 1.29 is 4.79 Å². The first-order valence-corrected chi connectivity index (χ1v) is 6.98. The molecule has 2 aromatic heterocycles. The highest BCUT2D eigenvalue weighted by Gasteiger charge is 2.14. The van der Waals surface area contributed by atoms with Crippen molar-refractivity contribution in [2.75, 3.05) is 5.32 Å². The Morgan fingerprint density at radius 2 is 1.90 bits per heavy atom. The van der Waals surface area contributed by atoms with Gasteiger partial charge < -0.3 is 5.32 Å². The number of halogens is 1. The molecule has 0 saturated carbocycles. The van der Waals surface area contributed by atoms with E-state index in [2.05, 4.69) is 26.2 Å². The number of carbonyl (C=O) groups is 1. The van der Waals surface area contributed by atoms with Crippen LogP contribution in [0.2, 0.25) is 0 Å². The van der Waals surface area contributed by atoms with Gasteiger partial charge in [0.05, 0.1) is 5.69 Å². The Morgan fingerprint density at radius 3 is 2.71 bits per heavy atom. The highest BCUT2D eigenvalue weighted by Crippen LogP contribution is 2.21. The molecule has 0 bridgehead atoms. The Hall–Kier alpha value is -2.47. The number of hydrogen-bond acceptors (Lipinski definition) is 3. The molecular formula is C15H10BrN3O2. The molecule has 3 aromatic rings. The normalized spacial score (nSPS) is 10.5. The molecule has 5 nitrogen and oxygen atoms in total. The van der Waals surface area contributed by atoms with Crippen molar-refractivity contribution in [3.63, 3.8) is 0 Å². The van der Waals surface area contributed by atoms with Crippen LogP contribution in [0.25, 0.3) is 5.65 Å². The molecule has 0 aliphatic heterocycles. The lowest BCUT2D eigenvalue weighted by atomic mass is 10.2. The Morgan fingerprint density at radius 1 is 1.14 bits per heavy atom. The number of amides is 1. The molecule has 0 saturated heterocycles. The first-order valence-electron chi connectivity index (χ1n) is 6.19. The maximum atomic E-state index is 12.3. The number of para-hydroxylation sites is 1. The summed E-state index contributed by atoms with van der Waals surface area (Å²) in [6.45, 7) is 0. The Labute approximate surface area is 128 Å². The SMILES string of the molecule is O=C(Nc1ccccc1Br)c1cnc2ccccn2c1=O. The average molecular weight is 344 g/mol. The van der Waals surface area contributed by atoms with Crippen molar-refractivity contribution in [1.82, 2.24) is 9.38 Å². The number of pyridine rings is 1. The van der Waals surface area contributed by atoms with Crippen LogP contribution in [0, 0.1) is 0 Å². The highest BCUT2D eigenvalue weighted by atomic mass is 79.9. The molecule has 3 rings (SSSR count). The summed E-state index contributed by atoms with van der Waals surface area (Å²) >= 11 is 3.34. The smallest absolute Gasteiger partial charge is 0.270 e. The minimum Gasteiger partial charge on any atom is -0.321 e. The molecule has 1 N–H and O–H groups in total. The van der Waals surface area contributed by atoms with Gasteiger partial charge in [-0.1, -0.05) is 18.2 Å². The van der Waals surface area contributed by atoms with Crippen LogP contribution < -0.4 is 10.9 Å². The molecule has 1 amide bonds. The lowest BCUT2D eigenvalue weighted by Crippen LogP contribution is -2.26. The van der Waals surface area contributed by atoms with Crippen molar-refractivity contribution in [1.29, 1.82) is 0 Å². The third-order valence-electron chi connectivity index (χ3n) is 2.98. The van der Waals surface area contributed by atoms with Gasteiger partial charge in [0.2, 0.25) is 0 Å². The van der Waals surface area contributed by atoms with Crippen LogP contribution in [0.4, 0.5) is 5.69 Å². The van der Waals surface area contributed by atoms with Crippen molar-refractivity contribution in [2.24, 2.45) is 0 Å². The van der Waals surface area contributed by atoms with E-state index < -0.39 is 11.5 Å². The number of anilines is 1. The van der Waals surface area contributed by atoms with E-state index >= 15 is 0 Å².